The number of hydrogen-bond donors (Lipinski definition) is 0. The summed E-state index contributed by atoms with van der Waals surface area (Å²) in [5.74, 6) is 0. The van der Waals surface area contributed by atoms with E-state index in [1.54, 1.807) is 35.0 Å². The van der Waals surface area contributed by atoms with Gasteiger partial charge in [0.1, 0.15) is 0 Å². The number of para-hydroxylation sites is 2. The molecule has 0 spiro atoms. The summed E-state index contributed by atoms with van der Waals surface area (Å²) < 4.78 is 1.60. The van der Waals surface area contributed by atoms with Gasteiger partial charge in [-0.25, -0.2) is 0 Å². The second-order valence-corrected chi connectivity index (χ2v) is 3.96. The number of aromatic nitrogens is 2. The average Bonchev–Trinajstić information content (AvgIpc) is 2.75. The Morgan fingerprint density at radius 2 is 1.27 bits per heavy atom. The summed E-state index contributed by atoms with van der Waals surface area (Å²) in [6.45, 7) is 0. The van der Waals surface area contributed by atoms with Crippen LogP contribution in [-0.4, -0.2) is 0 Å². The SMILES string of the molecule is [O-][n+]1c2ccccc2[n+]([O-])c2cscc21. The van der Waals surface area contributed by atoms with Gasteiger partial charge in [-0.2, -0.15) is 9.46 Å². The third kappa shape index (κ3) is 1.01. The molecule has 0 amide bonds. The van der Waals surface area contributed by atoms with E-state index in [1.807, 2.05) is 0 Å². The molecule has 15 heavy (non-hydrogen) atoms. The minimum atomic E-state index is 0.401. The van der Waals surface area contributed by atoms with Crippen LogP contribution in [0.15, 0.2) is 35.0 Å². The average molecular weight is 218 g/mol. The zero-order valence-corrected chi connectivity index (χ0v) is 8.40. The van der Waals surface area contributed by atoms with E-state index in [2.05, 4.69) is 0 Å². The fraction of sp³-hybridized carbons (Fsp3) is 0. The number of fused-ring (bicyclic) bond motifs is 2. The third-order valence-corrected chi connectivity index (χ3v) is 3.10. The third-order valence-electron chi connectivity index (χ3n) is 2.38. The van der Waals surface area contributed by atoms with Crippen LogP contribution in [0.1, 0.15) is 0 Å². The highest BCUT2D eigenvalue weighted by Crippen LogP contribution is 2.15. The Morgan fingerprint density at radius 3 is 1.73 bits per heavy atom. The van der Waals surface area contributed by atoms with E-state index in [0.29, 0.717) is 22.1 Å². The van der Waals surface area contributed by atoms with Gasteiger partial charge in [-0.15, -0.1) is 11.3 Å². The maximum Gasteiger partial charge on any atom is 0.301 e. The molecule has 0 N–H and O–H groups in total. The molecule has 0 aliphatic rings. The van der Waals surface area contributed by atoms with E-state index in [1.165, 1.54) is 11.3 Å². The maximum atomic E-state index is 11.9. The standard InChI is InChI=1S/C10H6N2O2S/c13-11-7-3-1-2-4-8(7)12(14)10-6-15-5-9(10)11/h1-6H. The van der Waals surface area contributed by atoms with Gasteiger partial charge in [0, 0.05) is 12.1 Å². The Kier molecular flexibility index (Phi) is 1.58. The van der Waals surface area contributed by atoms with E-state index in [-0.39, 0.29) is 0 Å². The van der Waals surface area contributed by atoms with Crippen molar-refractivity contribution in [3.05, 3.63) is 45.4 Å². The lowest BCUT2D eigenvalue weighted by molar-refractivity contribution is -0.590. The van der Waals surface area contributed by atoms with Gasteiger partial charge >= 0.3 is 11.0 Å². The largest absolute Gasteiger partial charge is 0.617 e. The first-order valence-electron chi connectivity index (χ1n) is 4.39. The monoisotopic (exact) mass is 218 g/mol. The summed E-state index contributed by atoms with van der Waals surface area (Å²) in [5.41, 5.74) is 1.65. The van der Waals surface area contributed by atoms with Crippen LogP contribution in [0.3, 0.4) is 0 Å². The molecule has 0 saturated carbocycles. The predicted molar refractivity (Wildman–Crippen MR) is 57.3 cm³/mol. The van der Waals surface area contributed by atoms with E-state index >= 15 is 0 Å². The molecule has 5 heteroatoms. The molecule has 0 unspecified atom stereocenters. The predicted octanol–water partition coefficient (Wildman–Crippen LogP) is 1.32. The van der Waals surface area contributed by atoms with Crippen molar-refractivity contribution in [3.8, 4) is 0 Å². The highest BCUT2D eigenvalue weighted by molar-refractivity contribution is 7.09. The van der Waals surface area contributed by atoms with Gasteiger partial charge in [0.15, 0.2) is 0 Å². The molecule has 3 aromatic rings. The van der Waals surface area contributed by atoms with Gasteiger partial charge in [0.25, 0.3) is 11.0 Å². The first-order chi connectivity index (χ1) is 7.29. The molecule has 0 aliphatic carbocycles. The van der Waals surface area contributed by atoms with Crippen molar-refractivity contribution in [1.82, 2.24) is 0 Å². The van der Waals surface area contributed by atoms with Crippen LogP contribution in [0, 0.1) is 10.4 Å². The van der Waals surface area contributed by atoms with Crippen molar-refractivity contribution in [2.24, 2.45) is 0 Å². The molecule has 2 aromatic heterocycles. The molecule has 2 heterocycles. The quantitative estimate of drug-likeness (QED) is 0.422. The van der Waals surface area contributed by atoms with Crippen LogP contribution >= 0.6 is 11.3 Å². The van der Waals surface area contributed by atoms with Gasteiger partial charge < -0.3 is 10.4 Å². The first-order valence-corrected chi connectivity index (χ1v) is 5.33. The van der Waals surface area contributed by atoms with Crippen molar-refractivity contribution in [2.75, 3.05) is 0 Å². The first kappa shape index (κ1) is 8.43. The molecular formula is C10H6N2O2S. The molecule has 74 valence electrons. The molecule has 0 radical (unpaired) electrons. The van der Waals surface area contributed by atoms with Gasteiger partial charge in [-0.3, -0.25) is 0 Å². The number of hydrogen-bond acceptors (Lipinski definition) is 3. The van der Waals surface area contributed by atoms with Crippen LogP contribution in [-0.2, 0) is 0 Å². The second-order valence-electron chi connectivity index (χ2n) is 3.22. The van der Waals surface area contributed by atoms with Crippen molar-refractivity contribution in [3.63, 3.8) is 0 Å². The Balaban J connectivity index is 2.69. The molecule has 0 atom stereocenters. The maximum absolute atomic E-state index is 11.9. The lowest BCUT2D eigenvalue weighted by Crippen LogP contribution is -2.38. The van der Waals surface area contributed by atoms with Crippen LogP contribution in [0.25, 0.3) is 22.1 Å². The summed E-state index contributed by atoms with van der Waals surface area (Å²) >= 11 is 1.35. The van der Waals surface area contributed by atoms with Crippen molar-refractivity contribution in [1.29, 1.82) is 0 Å². The Morgan fingerprint density at radius 1 is 0.800 bits per heavy atom. The molecule has 0 fully saturated rings. The van der Waals surface area contributed by atoms with Crippen LogP contribution in [0.5, 0.6) is 0 Å². The van der Waals surface area contributed by atoms with Gasteiger partial charge in [-0.05, 0) is 0 Å². The second kappa shape index (κ2) is 2.80. The van der Waals surface area contributed by atoms with Crippen LogP contribution in [0.2, 0.25) is 0 Å². The minimum absolute atomic E-state index is 0.401. The highest BCUT2D eigenvalue weighted by atomic mass is 32.1. The Labute approximate surface area is 88.8 Å². The molecular weight excluding hydrogens is 212 g/mol. The van der Waals surface area contributed by atoms with Gasteiger partial charge in [0.2, 0.25) is 0 Å². The van der Waals surface area contributed by atoms with Crippen LogP contribution in [0.4, 0.5) is 0 Å². The topological polar surface area (TPSA) is 53.9 Å². The fourth-order valence-electron chi connectivity index (χ4n) is 1.65. The lowest BCUT2D eigenvalue weighted by Gasteiger charge is -2.04. The summed E-state index contributed by atoms with van der Waals surface area (Å²) in [6.07, 6.45) is 0. The van der Waals surface area contributed by atoms with E-state index in [9.17, 15) is 10.4 Å². The normalized spacial score (nSPS) is 11.2. The van der Waals surface area contributed by atoms with Crippen molar-refractivity contribution >= 4 is 33.4 Å². The van der Waals surface area contributed by atoms with Crippen LogP contribution < -0.4 is 9.46 Å². The van der Waals surface area contributed by atoms with Crippen molar-refractivity contribution in [2.45, 2.75) is 0 Å². The molecule has 1 aromatic carbocycles. The minimum Gasteiger partial charge on any atom is -0.617 e. The van der Waals surface area contributed by atoms with E-state index < -0.39 is 0 Å². The van der Waals surface area contributed by atoms with E-state index in [0.717, 1.165) is 9.46 Å². The zero-order chi connectivity index (χ0) is 10.4. The number of rotatable bonds is 0. The molecule has 4 nitrogen and oxygen atoms in total. The lowest BCUT2D eigenvalue weighted by atomic mass is 10.3. The highest BCUT2D eigenvalue weighted by Gasteiger charge is 2.20. The Bertz CT molecular complexity index is 607. The molecule has 3 rings (SSSR count). The molecule has 0 aliphatic heterocycles. The summed E-state index contributed by atoms with van der Waals surface area (Å²) in [7, 11) is 0. The summed E-state index contributed by atoms with van der Waals surface area (Å²) in [6, 6.07) is 6.78. The Hall–Kier alpha value is -1.88. The zero-order valence-electron chi connectivity index (χ0n) is 7.58. The summed E-state index contributed by atoms with van der Waals surface area (Å²) in [5, 5.41) is 27.1. The fourth-order valence-corrected chi connectivity index (χ4v) is 2.41. The van der Waals surface area contributed by atoms with Gasteiger partial charge in [0.05, 0.1) is 10.8 Å². The van der Waals surface area contributed by atoms with Crippen molar-refractivity contribution < 1.29 is 9.46 Å². The smallest absolute Gasteiger partial charge is 0.301 e. The summed E-state index contributed by atoms with van der Waals surface area (Å²) in [4.78, 5) is 0. The van der Waals surface area contributed by atoms with E-state index in [4.69, 9.17) is 0 Å². The molecule has 0 saturated heterocycles. The number of nitrogens with zero attached hydrogens (tertiary/aromatic N) is 2. The molecule has 0 bridgehead atoms. The number of thiophene rings is 1. The number of benzene rings is 1. The van der Waals surface area contributed by atoms with Gasteiger partial charge in [-0.1, -0.05) is 12.1 Å².